The van der Waals surface area contributed by atoms with E-state index in [0.29, 0.717) is 19.7 Å². The molecule has 4 nitrogen and oxygen atoms in total. The van der Waals surface area contributed by atoms with E-state index in [2.05, 4.69) is 12.1 Å². The van der Waals surface area contributed by atoms with Gasteiger partial charge in [-0.25, -0.2) is 0 Å². The Morgan fingerprint density at radius 1 is 1.14 bits per heavy atom. The molecule has 4 heteroatoms. The molecule has 2 heterocycles. The number of amides is 1. The highest BCUT2D eigenvalue weighted by molar-refractivity contribution is 5.83. The van der Waals surface area contributed by atoms with Crippen molar-refractivity contribution in [2.24, 2.45) is 5.92 Å². The van der Waals surface area contributed by atoms with Gasteiger partial charge in [0.2, 0.25) is 5.91 Å². The largest absolute Gasteiger partial charge is 0.469 e. The Hall–Kier alpha value is -2.07. The maximum Gasteiger partial charge on any atom is 0.226 e. The van der Waals surface area contributed by atoms with Crippen molar-refractivity contribution >= 4 is 5.91 Å². The Kier molecular flexibility index (Phi) is 3.47. The third-order valence-electron chi connectivity index (χ3n) is 4.57. The molecule has 1 aromatic carbocycles. The Balaban J connectivity index is 1.42. The van der Waals surface area contributed by atoms with Crippen molar-refractivity contribution in [3.8, 4) is 0 Å². The normalized spacial score (nSPS) is 27.6. The minimum absolute atomic E-state index is 0.0142. The molecule has 1 saturated heterocycles. The van der Waals surface area contributed by atoms with E-state index in [0.717, 1.165) is 17.7 Å². The Morgan fingerprint density at radius 3 is 2.77 bits per heavy atom. The Bertz CT molecular complexity index is 638. The lowest BCUT2D eigenvalue weighted by atomic mass is 10.1. The number of furan rings is 1. The lowest BCUT2D eigenvalue weighted by molar-refractivity contribution is -0.140. The molecule has 3 unspecified atom stereocenters. The molecule has 1 saturated carbocycles. The minimum Gasteiger partial charge on any atom is -0.469 e. The number of hydrogen-bond acceptors (Lipinski definition) is 3. The molecule has 2 aliphatic rings. The fourth-order valence-electron chi connectivity index (χ4n) is 3.24. The molecule has 2 aromatic rings. The summed E-state index contributed by atoms with van der Waals surface area (Å²) in [5.74, 6) is 1.53. The molecule has 4 rings (SSSR count). The molecule has 2 fully saturated rings. The second-order valence-electron chi connectivity index (χ2n) is 6.02. The van der Waals surface area contributed by atoms with Gasteiger partial charge in [0.25, 0.3) is 0 Å². The van der Waals surface area contributed by atoms with Crippen LogP contribution in [-0.2, 0) is 9.53 Å². The van der Waals surface area contributed by atoms with E-state index in [4.69, 9.17) is 9.15 Å². The van der Waals surface area contributed by atoms with Gasteiger partial charge in [-0.05, 0) is 24.1 Å². The van der Waals surface area contributed by atoms with Crippen LogP contribution in [0, 0.1) is 5.92 Å². The molecule has 22 heavy (non-hydrogen) atoms. The number of carbonyl (C=O) groups is 1. The van der Waals surface area contributed by atoms with Gasteiger partial charge in [-0.15, -0.1) is 0 Å². The quantitative estimate of drug-likeness (QED) is 0.874. The van der Waals surface area contributed by atoms with E-state index in [9.17, 15) is 4.79 Å². The first-order chi connectivity index (χ1) is 10.8. The second kappa shape index (κ2) is 5.61. The van der Waals surface area contributed by atoms with Crippen LogP contribution in [0.3, 0.4) is 0 Å². The van der Waals surface area contributed by atoms with Crippen LogP contribution in [0.1, 0.15) is 29.8 Å². The number of ether oxygens (including phenoxy) is 1. The molecule has 1 amide bonds. The number of carbonyl (C=O) groups excluding carboxylic acids is 1. The van der Waals surface area contributed by atoms with E-state index in [-0.39, 0.29) is 23.8 Å². The third kappa shape index (κ3) is 2.55. The summed E-state index contributed by atoms with van der Waals surface area (Å²) in [7, 11) is 0. The first kappa shape index (κ1) is 13.6. The molecule has 0 spiro atoms. The van der Waals surface area contributed by atoms with Crippen molar-refractivity contribution in [3.05, 3.63) is 60.1 Å². The van der Waals surface area contributed by atoms with Crippen molar-refractivity contribution in [2.75, 3.05) is 19.7 Å². The maximum absolute atomic E-state index is 12.7. The van der Waals surface area contributed by atoms with Gasteiger partial charge in [-0.3, -0.25) is 4.79 Å². The smallest absolute Gasteiger partial charge is 0.226 e. The van der Waals surface area contributed by atoms with Crippen molar-refractivity contribution in [3.63, 3.8) is 0 Å². The van der Waals surface area contributed by atoms with E-state index in [1.165, 1.54) is 0 Å². The zero-order valence-electron chi connectivity index (χ0n) is 12.4. The zero-order valence-corrected chi connectivity index (χ0v) is 12.4. The van der Waals surface area contributed by atoms with E-state index >= 15 is 0 Å². The van der Waals surface area contributed by atoms with Crippen LogP contribution < -0.4 is 0 Å². The molecule has 1 aliphatic carbocycles. The highest BCUT2D eigenvalue weighted by Gasteiger charge is 2.48. The SMILES string of the molecule is O=C(C1CC1c1ccco1)N1CCOC(c2ccccc2)C1. The van der Waals surface area contributed by atoms with Gasteiger partial charge in [0.15, 0.2) is 0 Å². The summed E-state index contributed by atoms with van der Waals surface area (Å²) >= 11 is 0. The molecule has 0 bridgehead atoms. The van der Waals surface area contributed by atoms with Gasteiger partial charge >= 0.3 is 0 Å². The average molecular weight is 297 g/mol. The van der Waals surface area contributed by atoms with E-state index < -0.39 is 0 Å². The minimum atomic E-state index is -0.0142. The number of benzene rings is 1. The fourth-order valence-corrected chi connectivity index (χ4v) is 3.24. The third-order valence-corrected chi connectivity index (χ3v) is 4.57. The molecule has 3 atom stereocenters. The standard InChI is InChI=1S/C18H19NO3/c20-18(15-11-14(15)16-7-4-9-21-16)19-8-10-22-17(12-19)13-5-2-1-3-6-13/h1-7,9,14-15,17H,8,10-12H2. The van der Waals surface area contributed by atoms with E-state index in [1.807, 2.05) is 35.2 Å². The number of morpholine rings is 1. The summed E-state index contributed by atoms with van der Waals surface area (Å²) in [6, 6.07) is 14.0. The zero-order chi connectivity index (χ0) is 14.9. The van der Waals surface area contributed by atoms with Crippen molar-refractivity contribution in [2.45, 2.75) is 18.4 Å². The summed E-state index contributed by atoms with van der Waals surface area (Å²) in [4.78, 5) is 14.6. The first-order valence-electron chi connectivity index (χ1n) is 7.81. The van der Waals surface area contributed by atoms with Crippen LogP contribution in [0.4, 0.5) is 0 Å². The molecule has 1 aliphatic heterocycles. The summed E-state index contributed by atoms with van der Waals surface area (Å²) in [5.41, 5.74) is 1.14. The van der Waals surface area contributed by atoms with Gasteiger partial charge in [0, 0.05) is 18.4 Å². The van der Waals surface area contributed by atoms with Crippen LogP contribution in [-0.4, -0.2) is 30.5 Å². The van der Waals surface area contributed by atoms with Gasteiger partial charge in [0.1, 0.15) is 11.9 Å². The predicted octanol–water partition coefficient (Wildman–Crippen LogP) is 2.98. The second-order valence-corrected chi connectivity index (χ2v) is 6.02. The first-order valence-corrected chi connectivity index (χ1v) is 7.81. The number of nitrogens with zero attached hydrogens (tertiary/aromatic N) is 1. The summed E-state index contributed by atoms with van der Waals surface area (Å²) in [6.45, 7) is 1.93. The van der Waals surface area contributed by atoms with Gasteiger partial charge < -0.3 is 14.1 Å². The molecule has 1 aromatic heterocycles. The van der Waals surface area contributed by atoms with Crippen LogP contribution in [0.5, 0.6) is 0 Å². The highest BCUT2D eigenvalue weighted by Crippen LogP contribution is 2.48. The summed E-state index contributed by atoms with van der Waals surface area (Å²) in [5, 5.41) is 0. The van der Waals surface area contributed by atoms with Gasteiger partial charge in [-0.1, -0.05) is 30.3 Å². The van der Waals surface area contributed by atoms with Crippen LogP contribution >= 0.6 is 0 Å². The fraction of sp³-hybridized carbons (Fsp3) is 0.389. The number of rotatable bonds is 3. The summed E-state index contributed by atoms with van der Waals surface area (Å²) in [6.07, 6.45) is 2.56. The topological polar surface area (TPSA) is 42.7 Å². The van der Waals surface area contributed by atoms with Gasteiger partial charge in [-0.2, -0.15) is 0 Å². The molecule has 114 valence electrons. The molecule has 0 N–H and O–H groups in total. The lowest BCUT2D eigenvalue weighted by Gasteiger charge is -2.33. The van der Waals surface area contributed by atoms with E-state index in [1.54, 1.807) is 6.26 Å². The van der Waals surface area contributed by atoms with Crippen molar-refractivity contribution in [1.29, 1.82) is 0 Å². The van der Waals surface area contributed by atoms with Crippen LogP contribution in [0.25, 0.3) is 0 Å². The lowest BCUT2D eigenvalue weighted by Crippen LogP contribution is -2.43. The molecule has 0 radical (unpaired) electrons. The monoisotopic (exact) mass is 297 g/mol. The van der Waals surface area contributed by atoms with Crippen molar-refractivity contribution in [1.82, 2.24) is 4.90 Å². The highest BCUT2D eigenvalue weighted by atomic mass is 16.5. The Labute approximate surface area is 129 Å². The average Bonchev–Trinajstić information content (AvgIpc) is 3.20. The molecular formula is C18H19NO3. The molecular weight excluding hydrogens is 278 g/mol. The Morgan fingerprint density at radius 2 is 2.00 bits per heavy atom. The van der Waals surface area contributed by atoms with Crippen molar-refractivity contribution < 1.29 is 13.9 Å². The predicted molar refractivity (Wildman–Crippen MR) is 81.3 cm³/mol. The summed E-state index contributed by atoms with van der Waals surface area (Å²) < 4.78 is 11.3. The van der Waals surface area contributed by atoms with Crippen LogP contribution in [0.2, 0.25) is 0 Å². The maximum atomic E-state index is 12.7. The van der Waals surface area contributed by atoms with Gasteiger partial charge in [0.05, 0.1) is 19.4 Å². The van der Waals surface area contributed by atoms with Crippen LogP contribution in [0.15, 0.2) is 53.1 Å². The number of hydrogen-bond donors (Lipinski definition) is 0.